The van der Waals surface area contributed by atoms with Gasteiger partial charge in [-0.3, -0.25) is 4.79 Å². The van der Waals surface area contributed by atoms with Crippen LogP contribution in [0.5, 0.6) is 5.75 Å². The van der Waals surface area contributed by atoms with Gasteiger partial charge in [-0.15, -0.1) is 0 Å². The summed E-state index contributed by atoms with van der Waals surface area (Å²) >= 11 is 0. The monoisotopic (exact) mass is 367 g/mol. The summed E-state index contributed by atoms with van der Waals surface area (Å²) in [7, 11) is -3.63. The predicted molar refractivity (Wildman–Crippen MR) is 89.1 cm³/mol. The summed E-state index contributed by atoms with van der Waals surface area (Å²) in [6.45, 7) is 0.0731. The summed E-state index contributed by atoms with van der Waals surface area (Å²) in [6, 6.07) is 13.3. The number of hydrogen-bond acceptors (Lipinski definition) is 5. The maximum absolute atomic E-state index is 12.7. The predicted octanol–water partition coefficient (Wildman–Crippen LogP) is 2.12. The first-order valence-electron chi connectivity index (χ1n) is 7.56. The SMILES string of the molecule is O=C(CCNS(=O)(=O)c1ccccc1)OCCOc1ccc(F)cc1. The Morgan fingerprint density at radius 2 is 1.68 bits per heavy atom. The number of rotatable bonds is 9. The number of halogens is 1. The Morgan fingerprint density at radius 3 is 2.36 bits per heavy atom. The Morgan fingerprint density at radius 1 is 1.00 bits per heavy atom. The quantitative estimate of drug-likeness (QED) is 0.542. The average Bonchev–Trinajstić information content (AvgIpc) is 2.61. The van der Waals surface area contributed by atoms with E-state index in [1.54, 1.807) is 18.2 Å². The number of carbonyl (C=O) groups is 1. The standard InChI is InChI=1S/C17H18FNO5S/c18-14-6-8-15(9-7-14)23-12-13-24-17(20)10-11-19-25(21,22)16-4-2-1-3-5-16/h1-9,19H,10-13H2. The van der Waals surface area contributed by atoms with Gasteiger partial charge in [-0.05, 0) is 36.4 Å². The highest BCUT2D eigenvalue weighted by atomic mass is 32.2. The second-order valence-electron chi connectivity index (χ2n) is 4.98. The lowest BCUT2D eigenvalue weighted by Gasteiger charge is -2.08. The van der Waals surface area contributed by atoms with Gasteiger partial charge in [0.05, 0.1) is 11.3 Å². The number of carbonyl (C=O) groups excluding carboxylic acids is 1. The van der Waals surface area contributed by atoms with E-state index in [0.29, 0.717) is 5.75 Å². The molecule has 0 aliphatic heterocycles. The van der Waals surface area contributed by atoms with E-state index in [1.165, 1.54) is 36.4 Å². The summed E-state index contributed by atoms with van der Waals surface area (Å²) in [4.78, 5) is 11.7. The molecule has 0 radical (unpaired) electrons. The van der Waals surface area contributed by atoms with Crippen molar-refractivity contribution in [3.63, 3.8) is 0 Å². The molecule has 0 spiro atoms. The van der Waals surface area contributed by atoms with Crippen LogP contribution in [0, 0.1) is 5.82 Å². The van der Waals surface area contributed by atoms with Crippen LogP contribution in [-0.2, 0) is 19.6 Å². The fourth-order valence-corrected chi connectivity index (χ4v) is 2.94. The van der Waals surface area contributed by atoms with Crippen molar-refractivity contribution in [1.82, 2.24) is 4.72 Å². The van der Waals surface area contributed by atoms with Gasteiger partial charge >= 0.3 is 5.97 Å². The Balaban J connectivity index is 1.63. The highest BCUT2D eigenvalue weighted by Gasteiger charge is 2.13. The molecule has 0 heterocycles. The number of benzene rings is 2. The topological polar surface area (TPSA) is 81.7 Å². The van der Waals surface area contributed by atoms with Gasteiger partial charge in [-0.1, -0.05) is 18.2 Å². The van der Waals surface area contributed by atoms with Crippen LogP contribution < -0.4 is 9.46 Å². The fraction of sp³-hybridized carbons (Fsp3) is 0.235. The molecule has 6 nitrogen and oxygen atoms in total. The molecule has 25 heavy (non-hydrogen) atoms. The molecular weight excluding hydrogens is 349 g/mol. The molecule has 0 aromatic heterocycles. The Hall–Kier alpha value is -2.45. The number of hydrogen-bond donors (Lipinski definition) is 1. The minimum atomic E-state index is -3.63. The van der Waals surface area contributed by atoms with E-state index in [9.17, 15) is 17.6 Å². The van der Waals surface area contributed by atoms with Crippen LogP contribution in [0.1, 0.15) is 6.42 Å². The van der Waals surface area contributed by atoms with Crippen molar-refractivity contribution in [2.75, 3.05) is 19.8 Å². The molecule has 0 saturated carbocycles. The zero-order chi connectivity index (χ0) is 18.1. The molecular formula is C17H18FNO5S. The van der Waals surface area contributed by atoms with Crippen molar-refractivity contribution in [1.29, 1.82) is 0 Å². The fourth-order valence-electron chi connectivity index (χ4n) is 1.89. The van der Waals surface area contributed by atoms with E-state index < -0.39 is 16.0 Å². The van der Waals surface area contributed by atoms with E-state index in [4.69, 9.17) is 9.47 Å². The largest absolute Gasteiger partial charge is 0.490 e. The molecule has 0 atom stereocenters. The van der Waals surface area contributed by atoms with Crippen LogP contribution in [0.3, 0.4) is 0 Å². The van der Waals surface area contributed by atoms with Crippen LogP contribution in [0.25, 0.3) is 0 Å². The van der Waals surface area contributed by atoms with E-state index in [1.807, 2.05) is 0 Å². The average molecular weight is 367 g/mol. The van der Waals surface area contributed by atoms with E-state index in [2.05, 4.69) is 4.72 Å². The second kappa shape index (κ2) is 9.14. The molecule has 0 fully saturated rings. The molecule has 8 heteroatoms. The number of nitrogens with one attached hydrogen (secondary N) is 1. The first kappa shape index (κ1) is 18.9. The van der Waals surface area contributed by atoms with E-state index in [0.717, 1.165) is 0 Å². The lowest BCUT2D eigenvalue weighted by molar-refractivity contribution is -0.144. The molecule has 1 N–H and O–H groups in total. The first-order chi connectivity index (χ1) is 12.0. The molecule has 0 amide bonds. The van der Waals surface area contributed by atoms with Crippen LogP contribution >= 0.6 is 0 Å². The van der Waals surface area contributed by atoms with Gasteiger partial charge in [-0.2, -0.15) is 0 Å². The van der Waals surface area contributed by atoms with E-state index >= 15 is 0 Å². The maximum Gasteiger partial charge on any atom is 0.307 e. The lowest BCUT2D eigenvalue weighted by atomic mass is 10.3. The summed E-state index contributed by atoms with van der Waals surface area (Å²) in [5.74, 6) is -0.441. The van der Waals surface area contributed by atoms with Crippen molar-refractivity contribution < 1.29 is 27.1 Å². The summed E-state index contributed by atoms with van der Waals surface area (Å²) in [5.41, 5.74) is 0. The minimum Gasteiger partial charge on any atom is -0.490 e. The third kappa shape index (κ3) is 6.52. The van der Waals surface area contributed by atoms with Gasteiger partial charge < -0.3 is 9.47 Å². The van der Waals surface area contributed by atoms with E-state index in [-0.39, 0.29) is 36.9 Å². The third-order valence-corrected chi connectivity index (χ3v) is 4.58. The second-order valence-corrected chi connectivity index (χ2v) is 6.75. The van der Waals surface area contributed by atoms with Crippen LogP contribution in [0.2, 0.25) is 0 Å². The minimum absolute atomic E-state index is 0.0155. The molecule has 2 aromatic carbocycles. The molecule has 0 bridgehead atoms. The van der Waals surface area contributed by atoms with Gasteiger partial charge in [-0.25, -0.2) is 17.5 Å². The van der Waals surface area contributed by atoms with Gasteiger partial charge in [0, 0.05) is 6.54 Å². The molecule has 0 aliphatic rings. The molecule has 0 saturated heterocycles. The van der Waals surface area contributed by atoms with Crippen LogP contribution in [0.15, 0.2) is 59.5 Å². The van der Waals surface area contributed by atoms with Gasteiger partial charge in [0.15, 0.2) is 0 Å². The molecule has 0 aliphatic carbocycles. The smallest absolute Gasteiger partial charge is 0.307 e. The normalized spacial score (nSPS) is 11.1. The third-order valence-electron chi connectivity index (χ3n) is 3.10. The Kier molecular flexibility index (Phi) is 6.91. The van der Waals surface area contributed by atoms with Gasteiger partial charge in [0.1, 0.15) is 24.8 Å². The highest BCUT2D eigenvalue weighted by Crippen LogP contribution is 2.10. The molecule has 2 rings (SSSR count). The molecule has 134 valence electrons. The summed E-state index contributed by atoms with van der Waals surface area (Å²) in [6.07, 6.45) is -0.0946. The summed E-state index contributed by atoms with van der Waals surface area (Å²) in [5, 5.41) is 0. The van der Waals surface area contributed by atoms with Gasteiger partial charge in [0.25, 0.3) is 0 Å². The van der Waals surface area contributed by atoms with Crippen molar-refractivity contribution in [2.24, 2.45) is 0 Å². The molecule has 0 unspecified atom stereocenters. The molecule has 2 aromatic rings. The van der Waals surface area contributed by atoms with Crippen LogP contribution in [0.4, 0.5) is 4.39 Å². The highest BCUT2D eigenvalue weighted by molar-refractivity contribution is 7.89. The summed E-state index contributed by atoms with van der Waals surface area (Å²) < 4.78 is 49.1. The number of sulfonamides is 1. The van der Waals surface area contributed by atoms with Crippen LogP contribution in [-0.4, -0.2) is 34.1 Å². The Bertz CT molecular complexity index is 778. The number of ether oxygens (including phenoxy) is 2. The van der Waals surface area contributed by atoms with Crippen molar-refractivity contribution >= 4 is 16.0 Å². The Labute approximate surface area is 145 Å². The van der Waals surface area contributed by atoms with Crippen molar-refractivity contribution in [2.45, 2.75) is 11.3 Å². The zero-order valence-corrected chi connectivity index (χ0v) is 14.2. The maximum atomic E-state index is 12.7. The first-order valence-corrected chi connectivity index (χ1v) is 9.04. The lowest BCUT2D eigenvalue weighted by Crippen LogP contribution is -2.27. The van der Waals surface area contributed by atoms with Crippen molar-refractivity contribution in [3.05, 3.63) is 60.4 Å². The van der Waals surface area contributed by atoms with Gasteiger partial charge in [0.2, 0.25) is 10.0 Å². The van der Waals surface area contributed by atoms with Crippen molar-refractivity contribution in [3.8, 4) is 5.75 Å². The number of esters is 1. The zero-order valence-electron chi connectivity index (χ0n) is 13.4.